The van der Waals surface area contributed by atoms with Gasteiger partial charge in [0.2, 0.25) is 5.91 Å². The van der Waals surface area contributed by atoms with Gasteiger partial charge < -0.3 is 9.80 Å². The number of fused-ring (bicyclic) bond motifs is 1. The van der Waals surface area contributed by atoms with Gasteiger partial charge in [0.15, 0.2) is 0 Å². The molecule has 0 bridgehead atoms. The molecule has 0 aliphatic carbocycles. The molecule has 2 fully saturated rings. The highest BCUT2D eigenvalue weighted by atomic mass is 32.1. The third-order valence-electron chi connectivity index (χ3n) is 6.00. The molecule has 2 aromatic rings. The summed E-state index contributed by atoms with van der Waals surface area (Å²) in [6, 6.07) is 11.4. The number of aryl methyl sites for hydroxylation is 1. The lowest BCUT2D eigenvalue weighted by molar-refractivity contribution is -0.132. The van der Waals surface area contributed by atoms with Gasteiger partial charge in [0, 0.05) is 40.1 Å². The third kappa shape index (κ3) is 3.62. The number of hydrogen-bond donors (Lipinski definition) is 0. The molecule has 2 saturated heterocycles. The van der Waals surface area contributed by atoms with Gasteiger partial charge in [-0.25, -0.2) is 4.39 Å². The molecule has 2 aliphatic rings. The molecule has 0 saturated carbocycles. The Morgan fingerprint density at radius 2 is 2.11 bits per heavy atom. The average Bonchev–Trinajstić information content (AvgIpc) is 3.12. The maximum Gasteiger partial charge on any atom is 0.227 e. The Hall–Kier alpha value is -1.88. The highest BCUT2D eigenvalue weighted by Gasteiger charge is 2.48. The molecule has 27 heavy (non-hydrogen) atoms. The smallest absolute Gasteiger partial charge is 0.227 e. The molecule has 3 nitrogen and oxygen atoms in total. The molecule has 1 amide bonds. The van der Waals surface area contributed by atoms with E-state index in [2.05, 4.69) is 37.8 Å². The number of rotatable bonds is 3. The number of halogens is 1. The number of nitrogens with zero attached hydrogens (tertiary/aromatic N) is 2. The van der Waals surface area contributed by atoms with Crippen molar-refractivity contribution in [1.29, 1.82) is 0 Å². The summed E-state index contributed by atoms with van der Waals surface area (Å²) in [7, 11) is 0. The van der Waals surface area contributed by atoms with E-state index in [1.54, 1.807) is 23.5 Å². The summed E-state index contributed by atoms with van der Waals surface area (Å²) in [6.45, 7) is 8.13. The zero-order valence-corrected chi connectivity index (χ0v) is 17.1. The van der Waals surface area contributed by atoms with Crippen molar-refractivity contribution in [3.8, 4) is 0 Å². The second-order valence-electron chi connectivity index (χ2n) is 8.51. The Balaban J connectivity index is 1.49. The van der Waals surface area contributed by atoms with Crippen molar-refractivity contribution in [1.82, 2.24) is 4.90 Å². The van der Waals surface area contributed by atoms with Crippen molar-refractivity contribution in [3.05, 3.63) is 52.0 Å². The SMILES string of the molecule is Cc1ccc(CC(=O)N2CC[C@H]3[C@@H](C2)CC(C)(C)N3c2cccc(F)c2)s1. The van der Waals surface area contributed by atoms with Crippen molar-refractivity contribution in [2.75, 3.05) is 18.0 Å². The third-order valence-corrected chi connectivity index (χ3v) is 7.00. The van der Waals surface area contributed by atoms with Crippen LogP contribution in [0.25, 0.3) is 0 Å². The van der Waals surface area contributed by atoms with E-state index in [1.165, 1.54) is 10.9 Å². The topological polar surface area (TPSA) is 23.6 Å². The molecule has 4 rings (SSSR count). The summed E-state index contributed by atoms with van der Waals surface area (Å²) in [4.78, 5) is 19.6. The van der Waals surface area contributed by atoms with Gasteiger partial charge in [-0.2, -0.15) is 0 Å². The number of hydrogen-bond acceptors (Lipinski definition) is 3. The molecule has 2 atom stereocenters. The number of benzene rings is 1. The first-order valence-electron chi connectivity index (χ1n) is 9.71. The molecule has 144 valence electrons. The maximum absolute atomic E-state index is 13.8. The first kappa shape index (κ1) is 18.5. The van der Waals surface area contributed by atoms with Crippen molar-refractivity contribution in [2.24, 2.45) is 5.92 Å². The second-order valence-corrected chi connectivity index (χ2v) is 9.88. The predicted molar refractivity (Wildman–Crippen MR) is 109 cm³/mol. The molecule has 2 aliphatic heterocycles. The van der Waals surface area contributed by atoms with Crippen molar-refractivity contribution in [2.45, 2.75) is 51.6 Å². The van der Waals surface area contributed by atoms with Crippen LogP contribution >= 0.6 is 11.3 Å². The maximum atomic E-state index is 13.8. The molecule has 0 spiro atoms. The Morgan fingerprint density at radius 3 is 2.81 bits per heavy atom. The van der Waals surface area contributed by atoms with Crippen LogP contribution in [0.4, 0.5) is 10.1 Å². The van der Waals surface area contributed by atoms with E-state index in [-0.39, 0.29) is 17.3 Å². The van der Waals surface area contributed by atoms with Crippen LogP contribution in [-0.2, 0) is 11.2 Å². The Bertz CT molecular complexity index is 846. The van der Waals surface area contributed by atoms with Gasteiger partial charge >= 0.3 is 0 Å². The molecule has 1 aromatic carbocycles. The lowest BCUT2D eigenvalue weighted by Gasteiger charge is -2.42. The zero-order chi connectivity index (χ0) is 19.2. The fourth-order valence-electron chi connectivity index (χ4n) is 4.98. The first-order chi connectivity index (χ1) is 12.8. The Morgan fingerprint density at radius 1 is 1.30 bits per heavy atom. The van der Waals surface area contributed by atoms with Crippen LogP contribution in [-0.4, -0.2) is 35.5 Å². The lowest BCUT2D eigenvalue weighted by atomic mass is 9.89. The Kier molecular flexibility index (Phi) is 4.75. The summed E-state index contributed by atoms with van der Waals surface area (Å²) in [5.74, 6) is 0.481. The van der Waals surface area contributed by atoms with E-state index >= 15 is 0 Å². The fourth-order valence-corrected chi connectivity index (χ4v) is 5.87. The van der Waals surface area contributed by atoms with Gasteiger partial charge in [-0.15, -0.1) is 11.3 Å². The van der Waals surface area contributed by atoms with Gasteiger partial charge in [0.05, 0.1) is 6.42 Å². The van der Waals surface area contributed by atoms with Crippen LogP contribution < -0.4 is 4.90 Å². The molecule has 0 N–H and O–H groups in total. The van der Waals surface area contributed by atoms with Crippen molar-refractivity contribution < 1.29 is 9.18 Å². The average molecular weight is 387 g/mol. The van der Waals surface area contributed by atoms with Gasteiger partial charge in [0.1, 0.15) is 5.82 Å². The molecule has 0 unspecified atom stereocenters. The summed E-state index contributed by atoms with van der Waals surface area (Å²) in [5.41, 5.74) is 0.925. The van der Waals surface area contributed by atoms with E-state index < -0.39 is 0 Å². The van der Waals surface area contributed by atoms with E-state index in [0.717, 1.165) is 36.5 Å². The van der Waals surface area contributed by atoms with E-state index in [1.807, 2.05) is 11.0 Å². The number of carbonyl (C=O) groups is 1. The summed E-state index contributed by atoms with van der Waals surface area (Å²) in [5, 5.41) is 0. The first-order valence-corrected chi connectivity index (χ1v) is 10.5. The van der Waals surface area contributed by atoms with Crippen molar-refractivity contribution in [3.63, 3.8) is 0 Å². The number of amides is 1. The molecule has 1 aromatic heterocycles. The van der Waals surface area contributed by atoms with Crippen LogP contribution in [0.5, 0.6) is 0 Å². The quantitative estimate of drug-likeness (QED) is 0.767. The monoisotopic (exact) mass is 386 g/mol. The van der Waals surface area contributed by atoms with Crippen LogP contribution in [0.1, 0.15) is 36.4 Å². The fraction of sp³-hybridized carbons (Fsp3) is 0.500. The van der Waals surface area contributed by atoms with Crippen LogP contribution in [0, 0.1) is 18.7 Å². The lowest BCUT2D eigenvalue weighted by Crippen LogP contribution is -2.50. The van der Waals surface area contributed by atoms with E-state index in [0.29, 0.717) is 18.4 Å². The molecular weight excluding hydrogens is 359 g/mol. The highest BCUT2D eigenvalue weighted by molar-refractivity contribution is 7.12. The van der Waals surface area contributed by atoms with Gasteiger partial charge in [0.25, 0.3) is 0 Å². The number of anilines is 1. The van der Waals surface area contributed by atoms with E-state index in [9.17, 15) is 9.18 Å². The largest absolute Gasteiger partial charge is 0.363 e. The Labute approximate surface area is 164 Å². The summed E-state index contributed by atoms with van der Waals surface area (Å²) < 4.78 is 13.8. The van der Waals surface area contributed by atoms with Crippen molar-refractivity contribution >= 4 is 22.9 Å². The van der Waals surface area contributed by atoms with Gasteiger partial charge in [-0.3, -0.25) is 4.79 Å². The number of likely N-dealkylation sites (tertiary alicyclic amines) is 1. The molecular formula is C22H27FN2OS. The normalized spacial score (nSPS) is 24.1. The minimum atomic E-state index is -0.189. The second kappa shape index (κ2) is 6.93. The van der Waals surface area contributed by atoms with Gasteiger partial charge in [-0.1, -0.05) is 6.07 Å². The summed E-state index contributed by atoms with van der Waals surface area (Å²) in [6.07, 6.45) is 2.47. The minimum absolute atomic E-state index is 0.0347. The molecule has 5 heteroatoms. The highest BCUT2D eigenvalue weighted by Crippen LogP contribution is 2.44. The van der Waals surface area contributed by atoms with Gasteiger partial charge in [-0.05, 0) is 69.9 Å². The number of carbonyl (C=O) groups excluding carboxylic acids is 1. The van der Waals surface area contributed by atoms with Crippen LogP contribution in [0.2, 0.25) is 0 Å². The standard InChI is InChI=1S/C22H27FN2OS/c1-15-7-8-19(27-15)12-21(26)24-10-9-20-16(14-24)13-22(2,3)25(20)18-6-4-5-17(23)11-18/h4-8,11,16,20H,9-10,12-14H2,1-3H3/t16-,20+/m1/s1. The minimum Gasteiger partial charge on any atom is -0.363 e. The predicted octanol–water partition coefficient (Wildman–Crippen LogP) is 4.64. The molecule has 3 heterocycles. The van der Waals surface area contributed by atoms with Crippen LogP contribution in [0.15, 0.2) is 36.4 Å². The van der Waals surface area contributed by atoms with Crippen LogP contribution in [0.3, 0.4) is 0 Å². The molecule has 0 radical (unpaired) electrons. The van der Waals surface area contributed by atoms with E-state index in [4.69, 9.17) is 0 Å². The summed E-state index contributed by atoms with van der Waals surface area (Å²) >= 11 is 1.71. The number of piperidine rings is 1. The number of thiophene rings is 1. The zero-order valence-electron chi connectivity index (χ0n) is 16.2.